The number of sulfone groups is 1. The third-order valence-corrected chi connectivity index (χ3v) is 8.22. The smallest absolute Gasteiger partial charge is 0.229 e. The molecule has 0 spiro atoms. The van der Waals surface area contributed by atoms with E-state index in [1.54, 1.807) is 23.5 Å². The van der Waals surface area contributed by atoms with Gasteiger partial charge in [-0.25, -0.2) is 13.4 Å². The normalized spacial score (nSPS) is 16.0. The van der Waals surface area contributed by atoms with Crippen LogP contribution in [-0.4, -0.2) is 65.9 Å². The Kier molecular flexibility index (Phi) is 4.89. The number of piperazine rings is 1. The average molecular weight is 463 g/mol. The highest BCUT2D eigenvalue weighted by Gasteiger charge is 2.29. The molecule has 1 aliphatic heterocycles. The number of aromatic nitrogens is 4. The van der Waals surface area contributed by atoms with Gasteiger partial charge in [-0.05, 0) is 42.3 Å². The Balaban J connectivity index is 1.66. The maximum atomic E-state index is 13.2. The van der Waals surface area contributed by atoms with Crippen LogP contribution in [-0.2, 0) is 9.84 Å². The fraction of sp³-hybridized carbons (Fsp3) is 0.316. The minimum absolute atomic E-state index is 0.111. The van der Waals surface area contributed by atoms with E-state index in [2.05, 4.69) is 27.0 Å². The summed E-state index contributed by atoms with van der Waals surface area (Å²) in [6.07, 6.45) is 0. The molecule has 0 bridgehead atoms. The van der Waals surface area contributed by atoms with Gasteiger partial charge in [0.05, 0.1) is 15.1 Å². The molecule has 4 heterocycles. The van der Waals surface area contributed by atoms with E-state index in [4.69, 9.17) is 16.6 Å². The van der Waals surface area contributed by atoms with Gasteiger partial charge in [-0.15, -0.1) is 16.4 Å². The molecule has 4 aromatic rings. The van der Waals surface area contributed by atoms with E-state index in [0.717, 1.165) is 48.8 Å². The maximum absolute atomic E-state index is 13.2. The molecule has 0 unspecified atom stereocenters. The molecule has 8 nitrogen and oxygen atoms in total. The molecule has 0 atom stereocenters. The van der Waals surface area contributed by atoms with Gasteiger partial charge in [0.1, 0.15) is 0 Å². The molecular weight excluding hydrogens is 444 g/mol. The van der Waals surface area contributed by atoms with Crippen molar-refractivity contribution in [1.29, 1.82) is 0 Å². The molecule has 0 aliphatic carbocycles. The van der Waals surface area contributed by atoms with Gasteiger partial charge < -0.3 is 9.80 Å². The van der Waals surface area contributed by atoms with Crippen LogP contribution in [0.4, 0.5) is 5.82 Å². The zero-order valence-corrected chi connectivity index (χ0v) is 18.6. The average Bonchev–Trinajstić information content (AvgIpc) is 3.40. The fourth-order valence-electron chi connectivity index (χ4n) is 3.70. The van der Waals surface area contributed by atoms with Crippen molar-refractivity contribution in [3.8, 4) is 0 Å². The Morgan fingerprint density at radius 2 is 1.83 bits per heavy atom. The van der Waals surface area contributed by atoms with E-state index in [9.17, 15) is 8.42 Å². The largest absolute Gasteiger partial charge is 0.353 e. The van der Waals surface area contributed by atoms with Gasteiger partial charge in [-0.1, -0.05) is 23.7 Å². The summed E-state index contributed by atoms with van der Waals surface area (Å²) in [5.74, 6) is 0.790. The van der Waals surface area contributed by atoms with Crippen LogP contribution in [0.5, 0.6) is 0 Å². The van der Waals surface area contributed by atoms with Gasteiger partial charge in [0.15, 0.2) is 11.5 Å². The summed E-state index contributed by atoms with van der Waals surface area (Å²) in [6, 6.07) is 7.95. The highest BCUT2D eigenvalue weighted by atomic mass is 35.5. The lowest BCUT2D eigenvalue weighted by Crippen LogP contribution is -2.46. The molecule has 0 amide bonds. The summed E-state index contributed by atoms with van der Waals surface area (Å²) in [4.78, 5) is 9.49. The molecule has 30 heavy (non-hydrogen) atoms. The molecule has 1 aromatic carbocycles. The number of rotatable bonds is 4. The van der Waals surface area contributed by atoms with Crippen molar-refractivity contribution in [2.75, 3.05) is 37.6 Å². The van der Waals surface area contributed by atoms with Crippen LogP contribution in [0.3, 0.4) is 0 Å². The van der Waals surface area contributed by atoms with Gasteiger partial charge in [-0.3, -0.25) is 0 Å². The highest BCUT2D eigenvalue weighted by molar-refractivity contribution is 7.91. The molecule has 3 aromatic heterocycles. The molecule has 1 fully saturated rings. The van der Waals surface area contributed by atoms with Crippen LogP contribution in [0.2, 0.25) is 5.02 Å². The predicted octanol–water partition coefficient (Wildman–Crippen LogP) is 2.97. The van der Waals surface area contributed by atoms with Crippen molar-refractivity contribution in [2.24, 2.45) is 0 Å². The summed E-state index contributed by atoms with van der Waals surface area (Å²) in [6.45, 7) is 6.75. The van der Waals surface area contributed by atoms with Crippen molar-refractivity contribution in [1.82, 2.24) is 24.7 Å². The Labute approximate surface area is 182 Å². The molecule has 1 aliphatic rings. The molecule has 156 valence electrons. The number of thiophene rings is 1. The third kappa shape index (κ3) is 3.15. The SMILES string of the molecule is CCN1CCN(c2nc3c(S(=O)(=O)c4ccc(Cl)cc4)nnn3c3ccsc23)CC1. The number of benzene rings is 1. The fourth-order valence-corrected chi connectivity index (χ4v) is 5.95. The summed E-state index contributed by atoms with van der Waals surface area (Å²) in [5.41, 5.74) is 1.05. The van der Waals surface area contributed by atoms with Gasteiger partial charge in [0.25, 0.3) is 0 Å². The number of hydrogen-bond acceptors (Lipinski definition) is 8. The van der Waals surface area contributed by atoms with Crippen molar-refractivity contribution in [3.05, 3.63) is 40.7 Å². The van der Waals surface area contributed by atoms with Gasteiger partial charge in [0.2, 0.25) is 14.9 Å². The monoisotopic (exact) mass is 462 g/mol. The van der Waals surface area contributed by atoms with E-state index >= 15 is 0 Å². The number of likely N-dealkylation sites (N-methyl/N-ethyl adjacent to an activating group) is 1. The first-order valence-corrected chi connectivity index (χ1v) is 12.3. The first kappa shape index (κ1) is 19.7. The molecule has 0 radical (unpaired) electrons. The number of halogens is 1. The quantitative estimate of drug-likeness (QED) is 0.461. The second-order valence-electron chi connectivity index (χ2n) is 7.08. The Morgan fingerprint density at radius 1 is 1.10 bits per heavy atom. The standard InChI is InChI=1S/C19H19ClN6O2S2/c1-2-24-8-10-25(11-9-24)17-16-15(7-12-29-16)26-18(21-17)19(22-23-26)30(27,28)14-5-3-13(20)4-6-14/h3-7,12H,2,8-11H2,1H3. The van der Waals surface area contributed by atoms with Crippen molar-refractivity contribution >= 4 is 54.5 Å². The summed E-state index contributed by atoms with van der Waals surface area (Å²) in [5, 5.41) is 10.4. The Morgan fingerprint density at radius 3 is 2.53 bits per heavy atom. The van der Waals surface area contributed by atoms with Gasteiger partial charge in [-0.2, -0.15) is 4.52 Å². The van der Waals surface area contributed by atoms with Crippen molar-refractivity contribution in [3.63, 3.8) is 0 Å². The van der Waals surface area contributed by atoms with E-state index in [0.29, 0.717) is 5.02 Å². The topological polar surface area (TPSA) is 83.7 Å². The summed E-state index contributed by atoms with van der Waals surface area (Å²) < 4.78 is 29.0. The number of hydrogen-bond donors (Lipinski definition) is 0. The lowest BCUT2D eigenvalue weighted by atomic mass is 10.3. The van der Waals surface area contributed by atoms with E-state index < -0.39 is 9.84 Å². The lowest BCUT2D eigenvalue weighted by molar-refractivity contribution is 0.271. The van der Waals surface area contributed by atoms with E-state index in [1.807, 2.05) is 11.4 Å². The molecule has 5 rings (SSSR count). The van der Waals surface area contributed by atoms with Crippen LogP contribution in [0, 0.1) is 0 Å². The second kappa shape index (κ2) is 7.45. The molecular formula is C19H19ClN6O2S2. The zero-order chi connectivity index (χ0) is 20.9. The second-order valence-corrected chi connectivity index (χ2v) is 10.3. The van der Waals surface area contributed by atoms with Gasteiger partial charge >= 0.3 is 0 Å². The molecule has 1 saturated heterocycles. The molecule has 0 saturated carbocycles. The number of fused-ring (bicyclic) bond motifs is 3. The van der Waals surface area contributed by atoms with Crippen LogP contribution in [0.25, 0.3) is 15.9 Å². The predicted molar refractivity (Wildman–Crippen MR) is 117 cm³/mol. The lowest BCUT2D eigenvalue weighted by Gasteiger charge is -2.34. The summed E-state index contributed by atoms with van der Waals surface area (Å²) in [7, 11) is -3.89. The molecule has 11 heteroatoms. The number of nitrogens with zero attached hydrogens (tertiary/aromatic N) is 6. The minimum atomic E-state index is -3.89. The first-order valence-electron chi connectivity index (χ1n) is 9.59. The Bertz CT molecular complexity index is 1320. The van der Waals surface area contributed by atoms with Crippen LogP contribution in [0.1, 0.15) is 6.92 Å². The van der Waals surface area contributed by atoms with Gasteiger partial charge in [0, 0.05) is 31.2 Å². The van der Waals surface area contributed by atoms with E-state index in [-0.39, 0.29) is 15.6 Å². The van der Waals surface area contributed by atoms with Crippen molar-refractivity contribution in [2.45, 2.75) is 16.8 Å². The van der Waals surface area contributed by atoms with Crippen LogP contribution < -0.4 is 4.90 Å². The van der Waals surface area contributed by atoms with E-state index in [1.165, 1.54) is 16.6 Å². The van der Waals surface area contributed by atoms with Crippen LogP contribution >= 0.6 is 22.9 Å². The Hall–Kier alpha value is -2.27. The maximum Gasteiger partial charge on any atom is 0.229 e. The number of anilines is 1. The zero-order valence-electron chi connectivity index (χ0n) is 16.2. The highest BCUT2D eigenvalue weighted by Crippen LogP contribution is 2.33. The molecule has 0 N–H and O–H groups in total. The van der Waals surface area contributed by atoms with Crippen molar-refractivity contribution < 1.29 is 8.42 Å². The third-order valence-electron chi connectivity index (χ3n) is 5.40. The van der Waals surface area contributed by atoms with Crippen LogP contribution in [0.15, 0.2) is 45.6 Å². The first-order chi connectivity index (χ1) is 14.5. The minimum Gasteiger partial charge on any atom is -0.353 e. The summed E-state index contributed by atoms with van der Waals surface area (Å²) >= 11 is 7.49.